The second-order valence-electron chi connectivity index (χ2n) is 7.77. The standard InChI is InChI=1S/C16H26N2O10Si/c1-29(2,27-15(19)25-13-7-3-11(4-8-13)17(21)22)28-16(20)26-14-9-5-12(6-10-14)18(23)24/h11-14H,3-10H2,1-2H3. The van der Waals surface area contributed by atoms with E-state index in [-0.39, 0.29) is 9.85 Å². The van der Waals surface area contributed by atoms with Crippen molar-refractivity contribution in [2.45, 2.75) is 88.8 Å². The molecule has 0 amide bonds. The van der Waals surface area contributed by atoms with Gasteiger partial charge >= 0.3 is 20.9 Å². The van der Waals surface area contributed by atoms with Crippen molar-refractivity contribution >= 4 is 20.9 Å². The van der Waals surface area contributed by atoms with Crippen molar-refractivity contribution in [2.24, 2.45) is 0 Å². The molecule has 164 valence electrons. The van der Waals surface area contributed by atoms with Gasteiger partial charge in [-0.1, -0.05) is 0 Å². The molecule has 2 saturated carbocycles. The number of carbonyl (C=O) groups excluding carboxylic acids is 2. The average molecular weight is 434 g/mol. The highest BCUT2D eigenvalue weighted by Crippen LogP contribution is 2.25. The minimum atomic E-state index is -3.23. The van der Waals surface area contributed by atoms with E-state index in [9.17, 15) is 29.8 Å². The first-order valence-corrected chi connectivity index (χ1v) is 12.4. The van der Waals surface area contributed by atoms with Crippen molar-refractivity contribution in [3.63, 3.8) is 0 Å². The third-order valence-electron chi connectivity index (χ3n) is 5.07. The van der Waals surface area contributed by atoms with Gasteiger partial charge in [0.15, 0.2) is 0 Å². The summed E-state index contributed by atoms with van der Waals surface area (Å²) < 4.78 is 20.7. The van der Waals surface area contributed by atoms with Gasteiger partial charge < -0.3 is 18.3 Å². The van der Waals surface area contributed by atoms with Gasteiger partial charge in [0, 0.05) is 48.6 Å². The van der Waals surface area contributed by atoms with E-state index in [1.165, 1.54) is 13.1 Å². The summed E-state index contributed by atoms with van der Waals surface area (Å²) in [4.78, 5) is 44.8. The maximum Gasteiger partial charge on any atom is 0.497 e. The van der Waals surface area contributed by atoms with Crippen LogP contribution in [0.3, 0.4) is 0 Å². The molecule has 2 aliphatic carbocycles. The molecule has 0 N–H and O–H groups in total. The maximum atomic E-state index is 12.0. The van der Waals surface area contributed by atoms with Crippen LogP contribution in [0, 0.1) is 20.2 Å². The Labute approximate surface area is 168 Å². The molecule has 2 rings (SSSR count). The quantitative estimate of drug-likeness (QED) is 0.263. The molecule has 0 spiro atoms. The highest BCUT2D eigenvalue weighted by Gasteiger charge is 2.38. The Morgan fingerprint density at radius 2 is 1.03 bits per heavy atom. The van der Waals surface area contributed by atoms with E-state index < -0.39 is 45.2 Å². The predicted molar refractivity (Wildman–Crippen MR) is 98.7 cm³/mol. The molecule has 0 aromatic rings. The third kappa shape index (κ3) is 7.48. The van der Waals surface area contributed by atoms with E-state index >= 15 is 0 Å². The third-order valence-corrected chi connectivity index (χ3v) is 6.38. The highest BCUT2D eigenvalue weighted by atomic mass is 28.4. The van der Waals surface area contributed by atoms with Gasteiger partial charge in [0.2, 0.25) is 12.1 Å². The summed E-state index contributed by atoms with van der Waals surface area (Å²) in [6, 6.07) is -1.23. The first kappa shape index (κ1) is 22.8. The normalized spacial score (nSPS) is 27.4. The van der Waals surface area contributed by atoms with Gasteiger partial charge in [-0.25, -0.2) is 9.59 Å². The topological polar surface area (TPSA) is 157 Å². The fourth-order valence-corrected chi connectivity index (χ4v) is 4.43. The second kappa shape index (κ2) is 9.85. The van der Waals surface area contributed by atoms with Crippen LogP contribution in [0.1, 0.15) is 51.4 Å². The smallest absolute Gasteiger partial charge is 0.453 e. The number of hydrogen-bond donors (Lipinski definition) is 0. The summed E-state index contributed by atoms with van der Waals surface area (Å²) >= 11 is 0. The number of nitrogens with zero attached hydrogens (tertiary/aromatic N) is 2. The number of hydrogen-bond acceptors (Lipinski definition) is 10. The minimum absolute atomic E-state index is 0.326. The van der Waals surface area contributed by atoms with Gasteiger partial charge in [-0.2, -0.15) is 0 Å². The Kier molecular flexibility index (Phi) is 7.76. The molecule has 0 bridgehead atoms. The number of carbonyl (C=O) groups is 2. The molecule has 0 radical (unpaired) electrons. The van der Waals surface area contributed by atoms with E-state index in [0.717, 1.165) is 0 Å². The lowest BCUT2D eigenvalue weighted by atomic mass is 9.93. The van der Waals surface area contributed by atoms with Gasteiger partial charge in [0.25, 0.3) is 0 Å². The van der Waals surface area contributed by atoms with Crippen LogP contribution < -0.4 is 0 Å². The van der Waals surface area contributed by atoms with Crippen molar-refractivity contribution < 1.29 is 37.8 Å². The Balaban J connectivity index is 1.70. The molecule has 0 atom stereocenters. The molecule has 13 heteroatoms. The van der Waals surface area contributed by atoms with Crippen LogP contribution in [0.15, 0.2) is 0 Å². The molecule has 2 fully saturated rings. The molecule has 0 heterocycles. The first-order chi connectivity index (χ1) is 13.6. The summed E-state index contributed by atoms with van der Waals surface area (Å²) in [5.41, 5.74) is 0. The molecule has 0 unspecified atom stereocenters. The summed E-state index contributed by atoms with van der Waals surface area (Å²) in [6.45, 7) is 2.95. The number of rotatable bonds is 6. The van der Waals surface area contributed by atoms with Crippen LogP contribution >= 0.6 is 0 Å². The fraction of sp³-hybridized carbons (Fsp3) is 0.875. The van der Waals surface area contributed by atoms with E-state index in [1.54, 1.807) is 0 Å². The van der Waals surface area contributed by atoms with Gasteiger partial charge in [-0.05, 0) is 25.7 Å². The van der Waals surface area contributed by atoms with Crippen molar-refractivity contribution in [3.8, 4) is 0 Å². The van der Waals surface area contributed by atoms with E-state index in [2.05, 4.69) is 0 Å². The zero-order chi connectivity index (χ0) is 21.6. The Bertz CT molecular complexity index is 575. The van der Waals surface area contributed by atoms with Gasteiger partial charge in [-0.15, -0.1) is 0 Å². The molecule has 0 saturated heterocycles. The average Bonchev–Trinajstić information content (AvgIpc) is 2.61. The van der Waals surface area contributed by atoms with Crippen molar-refractivity contribution in [2.75, 3.05) is 0 Å². The van der Waals surface area contributed by atoms with Crippen LogP contribution in [0.5, 0.6) is 0 Å². The predicted octanol–water partition coefficient (Wildman–Crippen LogP) is 3.17. The van der Waals surface area contributed by atoms with Gasteiger partial charge in [-0.3, -0.25) is 20.2 Å². The Hall–Kier alpha value is -2.44. The summed E-state index contributed by atoms with van der Waals surface area (Å²) in [5.74, 6) is 0. The van der Waals surface area contributed by atoms with Gasteiger partial charge in [0.05, 0.1) is 0 Å². The highest BCUT2D eigenvalue weighted by molar-refractivity contribution is 6.67. The van der Waals surface area contributed by atoms with E-state index in [0.29, 0.717) is 51.4 Å². The van der Waals surface area contributed by atoms with Crippen LogP contribution in [-0.4, -0.2) is 55.0 Å². The van der Waals surface area contributed by atoms with Gasteiger partial charge in [0.1, 0.15) is 12.2 Å². The molecule has 12 nitrogen and oxygen atoms in total. The Morgan fingerprint density at radius 3 is 1.31 bits per heavy atom. The van der Waals surface area contributed by atoms with Crippen LogP contribution in [0.25, 0.3) is 0 Å². The van der Waals surface area contributed by atoms with Crippen LogP contribution in [0.2, 0.25) is 13.1 Å². The first-order valence-electron chi connectivity index (χ1n) is 9.62. The minimum Gasteiger partial charge on any atom is -0.453 e. The maximum absolute atomic E-state index is 12.0. The lowest BCUT2D eigenvalue weighted by Gasteiger charge is -2.27. The largest absolute Gasteiger partial charge is 0.497 e. The lowest BCUT2D eigenvalue weighted by molar-refractivity contribution is -0.527. The zero-order valence-electron chi connectivity index (χ0n) is 16.4. The van der Waals surface area contributed by atoms with Crippen molar-refractivity contribution in [3.05, 3.63) is 20.2 Å². The summed E-state index contributed by atoms with van der Waals surface area (Å²) in [6.07, 6.45) is -0.0925. The molecule has 0 aliphatic heterocycles. The zero-order valence-corrected chi connectivity index (χ0v) is 17.4. The molecular formula is C16H26N2O10Si. The Morgan fingerprint density at radius 1 is 0.724 bits per heavy atom. The lowest BCUT2D eigenvalue weighted by Crippen LogP contribution is -2.42. The monoisotopic (exact) mass is 434 g/mol. The second-order valence-corrected chi connectivity index (χ2v) is 11.0. The molecular weight excluding hydrogens is 408 g/mol. The summed E-state index contributed by atoms with van der Waals surface area (Å²) in [5, 5.41) is 21.5. The van der Waals surface area contributed by atoms with E-state index in [4.69, 9.17) is 18.3 Å². The molecule has 2 aliphatic rings. The number of nitro groups is 2. The fourth-order valence-electron chi connectivity index (χ4n) is 3.49. The van der Waals surface area contributed by atoms with Crippen LogP contribution in [0.4, 0.5) is 9.59 Å². The van der Waals surface area contributed by atoms with Crippen molar-refractivity contribution in [1.29, 1.82) is 0 Å². The molecule has 0 aromatic carbocycles. The summed E-state index contributed by atoms with van der Waals surface area (Å²) in [7, 11) is -3.23. The van der Waals surface area contributed by atoms with Crippen molar-refractivity contribution in [1.82, 2.24) is 0 Å². The number of ether oxygens (including phenoxy) is 2. The van der Waals surface area contributed by atoms with E-state index in [1.807, 2.05) is 0 Å². The SMILES string of the molecule is C[Si](C)(OC(=O)OC1CCC([N+](=O)[O-])CC1)OC(=O)OC1CCC([N+](=O)[O-])CC1. The van der Waals surface area contributed by atoms with Crippen LogP contribution in [-0.2, 0) is 18.3 Å². The molecule has 29 heavy (non-hydrogen) atoms. The molecule has 0 aromatic heterocycles.